The standard InChI is InChI=1S/C20H20N4O3/c1-12-17(19(26)23-15-6-4-3-5-7-15)18(24-20(27)21-12)14-8-10-16(11-9-14)22-13(2)25/h3-11,18H,1-2H3,(H,22,25)(H,23,26)(H2,21,24,27). The van der Waals surface area contributed by atoms with E-state index in [9.17, 15) is 14.4 Å². The molecule has 1 aliphatic rings. The van der Waals surface area contributed by atoms with E-state index in [1.165, 1.54) is 6.92 Å². The SMILES string of the molecule is CC(=O)Nc1ccc(C2NC(=O)NC(C)=C2C(=O)Nc2ccccc2)cc1. The second-order valence-electron chi connectivity index (χ2n) is 6.19. The fraction of sp³-hybridized carbons (Fsp3) is 0.150. The monoisotopic (exact) mass is 364 g/mol. The molecular weight excluding hydrogens is 344 g/mol. The molecule has 4 N–H and O–H groups in total. The molecule has 0 aliphatic carbocycles. The van der Waals surface area contributed by atoms with Crippen LogP contribution in [0, 0.1) is 0 Å². The minimum atomic E-state index is -0.603. The average Bonchev–Trinajstić information content (AvgIpc) is 2.62. The van der Waals surface area contributed by atoms with E-state index < -0.39 is 6.04 Å². The summed E-state index contributed by atoms with van der Waals surface area (Å²) in [6.07, 6.45) is 0. The van der Waals surface area contributed by atoms with Gasteiger partial charge in [-0.25, -0.2) is 4.79 Å². The Labute approximate surface area is 156 Å². The Bertz CT molecular complexity index is 905. The van der Waals surface area contributed by atoms with Crippen molar-refractivity contribution in [2.24, 2.45) is 0 Å². The van der Waals surface area contributed by atoms with Gasteiger partial charge in [0.1, 0.15) is 0 Å². The van der Waals surface area contributed by atoms with Crippen molar-refractivity contribution in [3.05, 3.63) is 71.4 Å². The Morgan fingerprint density at radius 1 is 0.926 bits per heavy atom. The van der Waals surface area contributed by atoms with Gasteiger partial charge in [0, 0.05) is 24.0 Å². The van der Waals surface area contributed by atoms with Crippen LogP contribution in [0.5, 0.6) is 0 Å². The Morgan fingerprint density at radius 3 is 2.19 bits per heavy atom. The summed E-state index contributed by atoms with van der Waals surface area (Å²) in [6, 6.07) is 15.1. The largest absolute Gasteiger partial charge is 0.327 e. The average molecular weight is 364 g/mol. The van der Waals surface area contributed by atoms with Crippen molar-refractivity contribution in [3.8, 4) is 0 Å². The third kappa shape index (κ3) is 4.33. The van der Waals surface area contributed by atoms with Crippen LogP contribution in [-0.4, -0.2) is 17.8 Å². The van der Waals surface area contributed by atoms with Crippen molar-refractivity contribution < 1.29 is 14.4 Å². The number of urea groups is 1. The number of anilines is 2. The molecule has 138 valence electrons. The summed E-state index contributed by atoms with van der Waals surface area (Å²) >= 11 is 0. The van der Waals surface area contributed by atoms with Crippen molar-refractivity contribution in [1.82, 2.24) is 10.6 Å². The Balaban J connectivity index is 1.89. The number of amides is 4. The highest BCUT2D eigenvalue weighted by molar-refractivity contribution is 6.06. The van der Waals surface area contributed by atoms with Crippen LogP contribution in [0.4, 0.5) is 16.2 Å². The van der Waals surface area contributed by atoms with Crippen LogP contribution < -0.4 is 21.3 Å². The highest BCUT2D eigenvalue weighted by Crippen LogP contribution is 2.28. The summed E-state index contributed by atoms with van der Waals surface area (Å²) in [6.45, 7) is 3.12. The predicted octanol–water partition coefficient (Wildman–Crippen LogP) is 2.91. The second kappa shape index (κ2) is 7.74. The molecule has 27 heavy (non-hydrogen) atoms. The van der Waals surface area contributed by atoms with Gasteiger partial charge in [0.05, 0.1) is 11.6 Å². The van der Waals surface area contributed by atoms with E-state index in [-0.39, 0.29) is 17.8 Å². The van der Waals surface area contributed by atoms with Crippen LogP contribution in [0.2, 0.25) is 0 Å². The smallest absolute Gasteiger partial charge is 0.319 e. The minimum absolute atomic E-state index is 0.170. The van der Waals surface area contributed by atoms with Gasteiger partial charge in [0.15, 0.2) is 0 Å². The predicted molar refractivity (Wildman–Crippen MR) is 103 cm³/mol. The molecule has 1 aliphatic heterocycles. The molecule has 1 atom stereocenters. The summed E-state index contributed by atoms with van der Waals surface area (Å²) in [7, 11) is 0. The molecule has 3 rings (SSSR count). The summed E-state index contributed by atoms with van der Waals surface area (Å²) in [4.78, 5) is 36.0. The summed E-state index contributed by atoms with van der Waals surface area (Å²) in [5.74, 6) is -0.473. The van der Waals surface area contributed by atoms with Crippen LogP contribution in [0.15, 0.2) is 65.9 Å². The maximum atomic E-state index is 12.9. The first-order valence-electron chi connectivity index (χ1n) is 8.46. The van der Waals surface area contributed by atoms with Gasteiger partial charge in [-0.15, -0.1) is 0 Å². The zero-order valence-electron chi connectivity index (χ0n) is 15.0. The first-order valence-corrected chi connectivity index (χ1v) is 8.46. The topological polar surface area (TPSA) is 99.3 Å². The number of hydrogen-bond donors (Lipinski definition) is 4. The van der Waals surface area contributed by atoms with Crippen molar-refractivity contribution in [2.75, 3.05) is 10.6 Å². The quantitative estimate of drug-likeness (QED) is 0.671. The van der Waals surface area contributed by atoms with Crippen LogP contribution in [0.1, 0.15) is 25.5 Å². The molecule has 0 radical (unpaired) electrons. The van der Waals surface area contributed by atoms with E-state index in [0.717, 1.165) is 5.56 Å². The van der Waals surface area contributed by atoms with E-state index in [2.05, 4.69) is 21.3 Å². The normalized spacial score (nSPS) is 16.2. The van der Waals surface area contributed by atoms with E-state index in [1.54, 1.807) is 43.3 Å². The molecule has 0 spiro atoms. The molecule has 7 nitrogen and oxygen atoms in total. The lowest BCUT2D eigenvalue weighted by Crippen LogP contribution is -2.45. The lowest BCUT2D eigenvalue weighted by molar-refractivity contribution is -0.114. The number of carbonyl (C=O) groups is 3. The van der Waals surface area contributed by atoms with Crippen molar-refractivity contribution >= 4 is 29.2 Å². The molecule has 0 saturated heterocycles. The minimum Gasteiger partial charge on any atom is -0.327 e. The van der Waals surface area contributed by atoms with Gasteiger partial charge in [0.25, 0.3) is 5.91 Å². The first kappa shape index (κ1) is 18.2. The number of nitrogens with one attached hydrogen (secondary N) is 4. The van der Waals surface area contributed by atoms with E-state index in [0.29, 0.717) is 22.6 Å². The number of rotatable bonds is 4. The third-order valence-corrected chi connectivity index (χ3v) is 4.11. The molecule has 7 heteroatoms. The number of benzene rings is 2. The lowest BCUT2D eigenvalue weighted by Gasteiger charge is -2.28. The molecule has 0 fully saturated rings. The maximum Gasteiger partial charge on any atom is 0.319 e. The molecule has 2 aromatic rings. The first-order chi connectivity index (χ1) is 12.9. The lowest BCUT2D eigenvalue weighted by atomic mass is 9.94. The van der Waals surface area contributed by atoms with Gasteiger partial charge in [-0.05, 0) is 36.8 Å². The van der Waals surface area contributed by atoms with Crippen LogP contribution in [-0.2, 0) is 9.59 Å². The molecule has 2 aromatic carbocycles. The van der Waals surface area contributed by atoms with E-state index in [1.807, 2.05) is 18.2 Å². The molecule has 4 amide bonds. The van der Waals surface area contributed by atoms with Crippen molar-refractivity contribution in [3.63, 3.8) is 0 Å². The zero-order valence-corrected chi connectivity index (χ0v) is 15.0. The van der Waals surface area contributed by atoms with Crippen molar-refractivity contribution in [1.29, 1.82) is 0 Å². The molecule has 1 heterocycles. The summed E-state index contributed by atoms with van der Waals surface area (Å²) < 4.78 is 0. The molecular formula is C20H20N4O3. The Hall–Kier alpha value is -3.61. The second-order valence-corrected chi connectivity index (χ2v) is 6.19. The number of carbonyl (C=O) groups excluding carboxylic acids is 3. The number of para-hydroxylation sites is 1. The maximum absolute atomic E-state index is 12.9. The van der Waals surface area contributed by atoms with Crippen LogP contribution in [0.25, 0.3) is 0 Å². The fourth-order valence-electron chi connectivity index (χ4n) is 2.93. The third-order valence-electron chi connectivity index (χ3n) is 4.11. The van der Waals surface area contributed by atoms with Crippen LogP contribution >= 0.6 is 0 Å². The van der Waals surface area contributed by atoms with Gasteiger partial charge >= 0.3 is 6.03 Å². The summed E-state index contributed by atoms with van der Waals surface area (Å²) in [5.41, 5.74) is 2.95. The van der Waals surface area contributed by atoms with Gasteiger partial charge in [-0.3, -0.25) is 9.59 Å². The Kier molecular flexibility index (Phi) is 5.21. The van der Waals surface area contributed by atoms with Gasteiger partial charge in [0.2, 0.25) is 5.91 Å². The van der Waals surface area contributed by atoms with Crippen molar-refractivity contribution in [2.45, 2.75) is 19.9 Å². The highest BCUT2D eigenvalue weighted by Gasteiger charge is 2.31. The highest BCUT2D eigenvalue weighted by atomic mass is 16.2. The number of allylic oxidation sites excluding steroid dienone is 1. The zero-order chi connectivity index (χ0) is 19.4. The van der Waals surface area contributed by atoms with Gasteiger partial charge < -0.3 is 21.3 Å². The molecule has 1 unspecified atom stereocenters. The number of hydrogen-bond acceptors (Lipinski definition) is 3. The van der Waals surface area contributed by atoms with E-state index >= 15 is 0 Å². The van der Waals surface area contributed by atoms with E-state index in [4.69, 9.17) is 0 Å². The fourth-order valence-corrected chi connectivity index (χ4v) is 2.93. The molecule has 0 aromatic heterocycles. The molecule has 0 saturated carbocycles. The van der Waals surface area contributed by atoms with Gasteiger partial charge in [-0.1, -0.05) is 30.3 Å². The molecule has 0 bridgehead atoms. The Morgan fingerprint density at radius 2 is 1.56 bits per heavy atom. The summed E-state index contributed by atoms with van der Waals surface area (Å²) in [5, 5.41) is 11.0. The van der Waals surface area contributed by atoms with Crippen LogP contribution in [0.3, 0.4) is 0 Å². The van der Waals surface area contributed by atoms with Gasteiger partial charge in [-0.2, -0.15) is 0 Å².